The van der Waals surface area contributed by atoms with E-state index in [1.807, 2.05) is 0 Å². The summed E-state index contributed by atoms with van der Waals surface area (Å²) >= 11 is 0. The predicted octanol–water partition coefficient (Wildman–Crippen LogP) is 1.42. The van der Waals surface area contributed by atoms with Crippen LogP contribution in [0.5, 0.6) is 17.2 Å². The minimum atomic E-state index is -0.940. The van der Waals surface area contributed by atoms with Crippen LogP contribution in [0.2, 0.25) is 0 Å². The van der Waals surface area contributed by atoms with E-state index < -0.39 is 42.3 Å². The number of rotatable bonds is 13. The molecule has 14 nitrogen and oxygen atoms in total. The lowest BCUT2D eigenvalue weighted by molar-refractivity contribution is -0.757. The molecule has 0 spiro atoms. The number of carbonyl (C=O) groups excluding carboxylic acids is 4. The second-order valence-corrected chi connectivity index (χ2v) is 6.67. The van der Waals surface area contributed by atoms with Crippen molar-refractivity contribution in [1.82, 2.24) is 0 Å². The number of nitrogens with zero attached hydrogens (tertiary/aromatic N) is 1. The quantitative estimate of drug-likeness (QED) is 0.102. The molecule has 0 atom stereocenters. The smallest absolute Gasteiger partial charge is 0.344 e. The Labute approximate surface area is 203 Å². The van der Waals surface area contributed by atoms with Crippen molar-refractivity contribution in [1.29, 1.82) is 0 Å². The Morgan fingerprint density at radius 1 is 0.917 bits per heavy atom. The highest BCUT2D eigenvalue weighted by atomic mass is 16.9. The van der Waals surface area contributed by atoms with Gasteiger partial charge in [-0.1, -0.05) is 12.1 Å². The Bertz CT molecular complexity index is 1120. The Morgan fingerprint density at radius 2 is 1.64 bits per heavy atom. The normalized spacial score (nSPS) is 10.1. The summed E-state index contributed by atoms with van der Waals surface area (Å²) in [6.07, 6.45) is 0.154. The molecular formula is C22H22N2O12. The molecule has 0 aliphatic rings. The molecule has 0 aliphatic carbocycles. The lowest BCUT2D eigenvalue weighted by Gasteiger charge is -2.13. The van der Waals surface area contributed by atoms with Crippen LogP contribution in [0.1, 0.15) is 34.1 Å². The van der Waals surface area contributed by atoms with E-state index in [9.17, 15) is 29.3 Å². The highest BCUT2D eigenvalue weighted by Gasteiger charge is 2.18. The summed E-state index contributed by atoms with van der Waals surface area (Å²) in [4.78, 5) is 61.8. The maximum atomic E-state index is 12.4. The van der Waals surface area contributed by atoms with Gasteiger partial charge in [-0.05, 0) is 30.3 Å². The van der Waals surface area contributed by atoms with E-state index in [-0.39, 0.29) is 48.0 Å². The van der Waals surface area contributed by atoms with Crippen LogP contribution in [0, 0.1) is 10.1 Å². The van der Waals surface area contributed by atoms with Crippen molar-refractivity contribution in [2.24, 2.45) is 5.73 Å². The average molecular weight is 506 g/mol. The van der Waals surface area contributed by atoms with Gasteiger partial charge in [-0.2, -0.15) is 0 Å². The third-order valence-electron chi connectivity index (χ3n) is 4.05. The van der Waals surface area contributed by atoms with Crippen molar-refractivity contribution < 1.29 is 52.8 Å². The third kappa shape index (κ3) is 8.90. The van der Waals surface area contributed by atoms with E-state index in [2.05, 4.69) is 4.84 Å². The Kier molecular flexibility index (Phi) is 10.6. The predicted molar refractivity (Wildman–Crippen MR) is 118 cm³/mol. The van der Waals surface area contributed by atoms with Gasteiger partial charge in [-0.25, -0.2) is 9.59 Å². The highest BCUT2D eigenvalue weighted by Crippen LogP contribution is 2.29. The number of hydrogen-bond donors (Lipinski definition) is 1. The second kappa shape index (κ2) is 13.9. The number of esters is 4. The van der Waals surface area contributed by atoms with Gasteiger partial charge < -0.3 is 34.3 Å². The zero-order valence-electron chi connectivity index (χ0n) is 19.0. The average Bonchev–Trinajstić information content (AvgIpc) is 2.84. The maximum absolute atomic E-state index is 12.4. The Morgan fingerprint density at radius 3 is 2.33 bits per heavy atom. The lowest BCUT2D eigenvalue weighted by atomic mass is 10.2. The third-order valence-corrected chi connectivity index (χ3v) is 4.05. The maximum Gasteiger partial charge on any atom is 0.344 e. The molecule has 0 aliphatic heterocycles. The van der Waals surface area contributed by atoms with Crippen LogP contribution in [-0.4, -0.2) is 55.5 Å². The monoisotopic (exact) mass is 506 g/mol. The van der Waals surface area contributed by atoms with Crippen molar-refractivity contribution in [2.45, 2.75) is 13.3 Å². The summed E-state index contributed by atoms with van der Waals surface area (Å²) in [5, 5.41) is 9.22. The number of para-hydroxylation sites is 1. The fraction of sp³-hybridized carbons (Fsp3) is 0.273. The first kappa shape index (κ1) is 27.5. The first-order chi connectivity index (χ1) is 17.2. The Balaban J connectivity index is 2.00. The van der Waals surface area contributed by atoms with E-state index in [1.54, 1.807) is 6.07 Å². The zero-order valence-corrected chi connectivity index (χ0v) is 19.0. The van der Waals surface area contributed by atoms with Crippen molar-refractivity contribution in [3.8, 4) is 17.2 Å². The molecule has 2 aromatic carbocycles. The molecule has 0 saturated heterocycles. The molecule has 0 radical (unpaired) electrons. The van der Waals surface area contributed by atoms with Crippen LogP contribution in [0.15, 0.2) is 42.5 Å². The number of carbonyl (C=O) groups is 4. The van der Waals surface area contributed by atoms with E-state index >= 15 is 0 Å². The van der Waals surface area contributed by atoms with Gasteiger partial charge in [-0.15, -0.1) is 10.1 Å². The van der Waals surface area contributed by atoms with Gasteiger partial charge in [0.15, 0.2) is 11.5 Å². The molecule has 2 N–H and O–H groups in total. The summed E-state index contributed by atoms with van der Waals surface area (Å²) < 4.78 is 25.3. The van der Waals surface area contributed by atoms with Gasteiger partial charge in [0.1, 0.15) is 11.3 Å². The van der Waals surface area contributed by atoms with Gasteiger partial charge in [0.2, 0.25) is 6.79 Å². The van der Waals surface area contributed by atoms with Gasteiger partial charge in [-0.3, -0.25) is 9.59 Å². The number of nitrogens with two attached hydrogens (primary N) is 1. The van der Waals surface area contributed by atoms with Gasteiger partial charge >= 0.3 is 23.9 Å². The second-order valence-electron chi connectivity index (χ2n) is 6.67. The van der Waals surface area contributed by atoms with Gasteiger partial charge in [0.05, 0.1) is 25.3 Å². The lowest BCUT2D eigenvalue weighted by Crippen LogP contribution is -2.20. The fourth-order valence-electron chi connectivity index (χ4n) is 2.56. The summed E-state index contributed by atoms with van der Waals surface area (Å²) in [5.41, 5.74) is 5.13. The van der Waals surface area contributed by atoms with E-state index in [0.29, 0.717) is 0 Å². The van der Waals surface area contributed by atoms with Crippen LogP contribution in [0.4, 0.5) is 0 Å². The number of hydrogen-bond acceptors (Lipinski definition) is 13. The summed E-state index contributed by atoms with van der Waals surface area (Å²) in [6, 6.07) is 9.59. The first-order valence-electron chi connectivity index (χ1n) is 10.3. The molecule has 0 aromatic heterocycles. The molecule has 0 unspecified atom stereocenters. The molecule has 0 saturated carbocycles. The molecule has 14 heteroatoms. The SMILES string of the molecule is CC(=O)Oc1ccccc1C(=O)OCOC(=O)c1ccc(OCCCO[N+](=O)[O-])c(OC(=O)CN)c1. The molecule has 36 heavy (non-hydrogen) atoms. The molecule has 2 aromatic rings. The van der Waals surface area contributed by atoms with E-state index in [0.717, 1.165) is 6.07 Å². The standard InChI is InChI=1S/C22H22N2O12/c1-14(25)35-17-6-3-2-5-16(17)22(28)33-13-32-21(27)15-7-8-18(19(11-15)36-20(26)12-23)31-9-4-10-34-24(29)30/h2-3,5-8,11H,4,9-10,12-13,23H2,1H3. The van der Waals surface area contributed by atoms with Crippen molar-refractivity contribution in [2.75, 3.05) is 26.6 Å². The van der Waals surface area contributed by atoms with Crippen molar-refractivity contribution >= 4 is 23.9 Å². The van der Waals surface area contributed by atoms with Crippen LogP contribution >= 0.6 is 0 Å². The van der Waals surface area contributed by atoms with E-state index in [4.69, 9.17) is 29.4 Å². The zero-order chi connectivity index (χ0) is 26.5. The summed E-state index contributed by atoms with van der Waals surface area (Å²) in [7, 11) is 0. The molecular weight excluding hydrogens is 484 g/mol. The van der Waals surface area contributed by atoms with Gasteiger partial charge in [0, 0.05) is 13.3 Å². The van der Waals surface area contributed by atoms with Crippen LogP contribution in [-0.2, 0) is 23.9 Å². The van der Waals surface area contributed by atoms with Crippen molar-refractivity contribution in [3.05, 3.63) is 63.7 Å². The number of benzene rings is 2. The topological polar surface area (TPSA) is 193 Å². The Hall–Kier alpha value is -4.72. The number of ether oxygens (including phenoxy) is 5. The molecule has 2 rings (SSSR count). The van der Waals surface area contributed by atoms with Crippen LogP contribution in [0.3, 0.4) is 0 Å². The minimum absolute atomic E-state index is 0.0183. The summed E-state index contributed by atoms with van der Waals surface area (Å²) in [5.74, 6) is -3.39. The fourth-order valence-corrected chi connectivity index (χ4v) is 2.56. The molecule has 0 amide bonds. The van der Waals surface area contributed by atoms with E-state index in [1.165, 1.54) is 37.3 Å². The minimum Gasteiger partial charge on any atom is -0.490 e. The van der Waals surface area contributed by atoms with Crippen LogP contribution < -0.4 is 19.9 Å². The largest absolute Gasteiger partial charge is 0.490 e. The molecule has 192 valence electrons. The van der Waals surface area contributed by atoms with Crippen LogP contribution in [0.25, 0.3) is 0 Å². The van der Waals surface area contributed by atoms with Gasteiger partial charge in [0.25, 0.3) is 5.09 Å². The highest BCUT2D eigenvalue weighted by molar-refractivity contribution is 5.94. The molecule has 0 fully saturated rings. The molecule has 0 bridgehead atoms. The molecule has 0 heterocycles. The first-order valence-corrected chi connectivity index (χ1v) is 10.3. The van der Waals surface area contributed by atoms with Crippen molar-refractivity contribution in [3.63, 3.8) is 0 Å². The summed E-state index contributed by atoms with van der Waals surface area (Å²) in [6.45, 7) is -0.271.